The normalized spacial score (nSPS) is 15.6. The number of benzene rings is 3. The summed E-state index contributed by atoms with van der Waals surface area (Å²) < 4.78 is 5.62. The quantitative estimate of drug-likeness (QED) is 0.618. The van der Waals surface area contributed by atoms with Crippen molar-refractivity contribution in [3.05, 3.63) is 90.6 Å². The molecule has 0 N–H and O–H groups in total. The van der Waals surface area contributed by atoms with Gasteiger partial charge in [0.15, 0.2) is 0 Å². The fourth-order valence-electron chi connectivity index (χ4n) is 3.98. The van der Waals surface area contributed by atoms with E-state index >= 15 is 0 Å². The Balaban J connectivity index is 1.54. The van der Waals surface area contributed by atoms with Crippen LogP contribution in [-0.2, 0) is 0 Å². The Bertz CT molecular complexity index is 1070. The molecule has 29 heavy (non-hydrogen) atoms. The van der Waals surface area contributed by atoms with Crippen LogP contribution in [0.4, 0.5) is 5.69 Å². The minimum atomic E-state index is 0.859. The smallest absolute Gasteiger partial charge is 0.210 e. The van der Waals surface area contributed by atoms with E-state index in [0.29, 0.717) is 0 Å². The van der Waals surface area contributed by atoms with E-state index in [1.165, 1.54) is 11.1 Å². The summed E-state index contributed by atoms with van der Waals surface area (Å²) in [7, 11) is 1.72. The third-order valence-electron chi connectivity index (χ3n) is 5.43. The van der Waals surface area contributed by atoms with E-state index in [-0.39, 0.29) is 0 Å². The summed E-state index contributed by atoms with van der Waals surface area (Å²) in [6.45, 7) is 1.82. The number of aliphatic imine (C=N–C) groups is 1. The van der Waals surface area contributed by atoms with E-state index in [1.54, 1.807) is 7.11 Å². The molecule has 0 saturated carbocycles. The molecule has 144 valence electrons. The van der Waals surface area contributed by atoms with Gasteiger partial charge in [0.25, 0.3) is 0 Å². The Morgan fingerprint density at radius 3 is 2.34 bits per heavy atom. The van der Waals surface area contributed by atoms with Gasteiger partial charge in [0.05, 0.1) is 12.8 Å². The lowest BCUT2D eigenvalue weighted by atomic mass is 10.1. The molecule has 0 spiro atoms. The Morgan fingerprint density at radius 1 is 0.828 bits per heavy atom. The Labute approximate surface area is 171 Å². The molecule has 4 nitrogen and oxygen atoms in total. The fourth-order valence-corrected chi connectivity index (χ4v) is 3.98. The van der Waals surface area contributed by atoms with Gasteiger partial charge < -0.3 is 9.64 Å². The van der Waals surface area contributed by atoms with E-state index in [9.17, 15) is 0 Å². The van der Waals surface area contributed by atoms with Crippen LogP contribution >= 0.6 is 0 Å². The third kappa shape index (κ3) is 3.17. The van der Waals surface area contributed by atoms with Crippen molar-refractivity contribution in [3.8, 4) is 16.9 Å². The summed E-state index contributed by atoms with van der Waals surface area (Å²) in [6.07, 6.45) is 3.23. The molecule has 0 radical (unpaired) electrons. The number of rotatable bonds is 4. The number of fused-ring (bicyclic) bond motifs is 1. The lowest BCUT2D eigenvalue weighted by Crippen LogP contribution is -2.38. The molecule has 0 amide bonds. The van der Waals surface area contributed by atoms with Gasteiger partial charge >= 0.3 is 0 Å². The molecule has 3 aromatic rings. The molecule has 3 aromatic carbocycles. The zero-order valence-corrected chi connectivity index (χ0v) is 16.5. The number of guanidine groups is 1. The summed E-state index contributed by atoms with van der Waals surface area (Å²) >= 11 is 0. The van der Waals surface area contributed by atoms with Crippen LogP contribution in [0.3, 0.4) is 0 Å². The third-order valence-corrected chi connectivity index (χ3v) is 5.43. The number of ether oxygens (including phenoxy) is 1. The monoisotopic (exact) mass is 381 g/mol. The maximum atomic E-state index is 5.62. The van der Waals surface area contributed by atoms with Crippen LogP contribution < -0.4 is 9.64 Å². The van der Waals surface area contributed by atoms with Gasteiger partial charge in [-0.2, -0.15) is 0 Å². The van der Waals surface area contributed by atoms with Crippen LogP contribution in [0.15, 0.2) is 90.1 Å². The SMILES string of the molecule is COc1ccccc1C1=CN(c2ccc(-c3ccccc3)cc2)C2=NCCCN12. The van der Waals surface area contributed by atoms with Crippen molar-refractivity contribution in [2.24, 2.45) is 4.99 Å². The number of hydrogen-bond acceptors (Lipinski definition) is 4. The summed E-state index contributed by atoms with van der Waals surface area (Å²) in [5, 5.41) is 0. The number of hydrogen-bond donors (Lipinski definition) is 0. The average Bonchev–Trinajstić information content (AvgIpc) is 3.19. The van der Waals surface area contributed by atoms with Crippen molar-refractivity contribution in [3.63, 3.8) is 0 Å². The van der Waals surface area contributed by atoms with Gasteiger partial charge in [-0.05, 0) is 41.8 Å². The Kier molecular flexibility index (Phi) is 4.53. The van der Waals surface area contributed by atoms with E-state index in [2.05, 4.69) is 76.7 Å². The number of nitrogens with zero attached hydrogens (tertiary/aromatic N) is 3. The van der Waals surface area contributed by atoms with E-state index < -0.39 is 0 Å². The topological polar surface area (TPSA) is 28.1 Å². The molecule has 5 rings (SSSR count). The maximum absolute atomic E-state index is 5.62. The molecule has 0 aliphatic carbocycles. The first-order valence-corrected chi connectivity index (χ1v) is 9.97. The Hall–Kier alpha value is -3.53. The highest BCUT2D eigenvalue weighted by atomic mass is 16.5. The lowest BCUT2D eigenvalue weighted by molar-refractivity contribution is 0.411. The van der Waals surface area contributed by atoms with Crippen molar-refractivity contribution < 1.29 is 4.74 Å². The predicted octanol–water partition coefficient (Wildman–Crippen LogP) is 5.24. The highest BCUT2D eigenvalue weighted by Crippen LogP contribution is 2.37. The molecule has 2 heterocycles. The van der Waals surface area contributed by atoms with Crippen LogP contribution in [0.25, 0.3) is 16.8 Å². The molecule has 0 aromatic heterocycles. The van der Waals surface area contributed by atoms with Gasteiger partial charge in [-0.1, -0.05) is 54.6 Å². The van der Waals surface area contributed by atoms with Gasteiger partial charge in [0.1, 0.15) is 5.75 Å². The first-order chi connectivity index (χ1) is 14.3. The van der Waals surface area contributed by atoms with E-state index in [0.717, 1.165) is 48.2 Å². The second-order valence-corrected chi connectivity index (χ2v) is 7.18. The van der Waals surface area contributed by atoms with Crippen molar-refractivity contribution in [2.75, 3.05) is 25.1 Å². The van der Waals surface area contributed by atoms with Gasteiger partial charge in [-0.25, -0.2) is 0 Å². The predicted molar refractivity (Wildman–Crippen MR) is 119 cm³/mol. The summed E-state index contributed by atoms with van der Waals surface area (Å²) in [4.78, 5) is 9.32. The minimum absolute atomic E-state index is 0.859. The molecule has 0 unspecified atom stereocenters. The minimum Gasteiger partial charge on any atom is -0.496 e. The van der Waals surface area contributed by atoms with E-state index in [4.69, 9.17) is 9.73 Å². The van der Waals surface area contributed by atoms with Crippen LogP contribution in [-0.4, -0.2) is 31.1 Å². The highest BCUT2D eigenvalue weighted by molar-refractivity contribution is 6.08. The summed E-state index contributed by atoms with van der Waals surface area (Å²) in [5.74, 6) is 1.87. The van der Waals surface area contributed by atoms with Crippen molar-refractivity contribution in [2.45, 2.75) is 6.42 Å². The van der Waals surface area contributed by atoms with Crippen LogP contribution in [0, 0.1) is 0 Å². The van der Waals surface area contributed by atoms with Crippen molar-refractivity contribution in [1.82, 2.24) is 4.90 Å². The Morgan fingerprint density at radius 2 is 1.55 bits per heavy atom. The summed E-state index contributed by atoms with van der Waals surface area (Å²) in [5.41, 5.74) is 5.77. The number of para-hydroxylation sites is 1. The lowest BCUT2D eigenvalue weighted by Gasteiger charge is -2.29. The molecule has 4 heteroatoms. The first-order valence-electron chi connectivity index (χ1n) is 9.97. The zero-order chi connectivity index (χ0) is 19.6. The standard InChI is InChI=1S/C25H23N3O/c1-29-24-11-6-5-10-22(24)23-18-28(25-26-16-7-17-27(23)25)21-14-12-20(13-15-21)19-8-3-2-4-9-19/h2-6,8-15,18H,7,16-17H2,1H3. The molecule has 0 atom stereocenters. The number of anilines is 1. The molecule has 0 bridgehead atoms. The van der Waals surface area contributed by atoms with E-state index in [1.807, 2.05) is 18.2 Å². The maximum Gasteiger partial charge on any atom is 0.210 e. The molecule has 0 saturated heterocycles. The van der Waals surface area contributed by atoms with Gasteiger partial charge in [0, 0.05) is 30.5 Å². The largest absolute Gasteiger partial charge is 0.496 e. The molecule has 0 fully saturated rings. The fraction of sp³-hybridized carbons (Fsp3) is 0.160. The molecule has 2 aliphatic heterocycles. The summed E-state index contributed by atoms with van der Waals surface area (Å²) in [6, 6.07) is 27.3. The first kappa shape index (κ1) is 17.6. The molecular formula is C25H23N3O. The molecule has 2 aliphatic rings. The van der Waals surface area contributed by atoms with Crippen LogP contribution in [0.2, 0.25) is 0 Å². The molecular weight excluding hydrogens is 358 g/mol. The van der Waals surface area contributed by atoms with Crippen molar-refractivity contribution in [1.29, 1.82) is 0 Å². The van der Waals surface area contributed by atoms with Crippen LogP contribution in [0.5, 0.6) is 5.75 Å². The second kappa shape index (κ2) is 7.47. The zero-order valence-electron chi connectivity index (χ0n) is 16.5. The van der Waals surface area contributed by atoms with Gasteiger partial charge in [-0.15, -0.1) is 0 Å². The highest BCUT2D eigenvalue weighted by Gasteiger charge is 2.32. The van der Waals surface area contributed by atoms with Gasteiger partial charge in [0.2, 0.25) is 5.96 Å². The van der Waals surface area contributed by atoms with Crippen molar-refractivity contribution >= 4 is 17.3 Å². The number of methoxy groups -OCH3 is 1. The second-order valence-electron chi connectivity index (χ2n) is 7.18. The van der Waals surface area contributed by atoms with Crippen LogP contribution in [0.1, 0.15) is 12.0 Å². The average molecular weight is 381 g/mol. The van der Waals surface area contributed by atoms with Gasteiger partial charge in [-0.3, -0.25) is 9.89 Å².